The molecule has 1 aromatic rings. The summed E-state index contributed by atoms with van der Waals surface area (Å²) in [5.41, 5.74) is 0. The second-order valence-electron chi connectivity index (χ2n) is 5.22. The summed E-state index contributed by atoms with van der Waals surface area (Å²) >= 11 is 13.4. The molecule has 21 heavy (non-hydrogen) atoms. The van der Waals surface area contributed by atoms with Crippen LogP contribution in [0.5, 0.6) is 5.75 Å². The molecule has 2 aliphatic rings. The summed E-state index contributed by atoms with van der Waals surface area (Å²) in [5.74, 6) is 0.720. The van der Waals surface area contributed by atoms with Gasteiger partial charge in [0, 0.05) is 25.6 Å². The Morgan fingerprint density at radius 2 is 2.14 bits per heavy atom. The molecule has 2 heterocycles. The highest BCUT2D eigenvalue weighted by Crippen LogP contribution is 2.41. The topological polar surface area (TPSA) is 55.8 Å². The Balaban J connectivity index is 1.66. The third kappa shape index (κ3) is 3.24. The largest absolute Gasteiger partial charge is 0.507 e. The second kappa shape index (κ2) is 6.22. The molecular weight excluding hydrogens is 333 g/mol. The fourth-order valence-corrected chi connectivity index (χ4v) is 3.78. The van der Waals surface area contributed by atoms with Gasteiger partial charge in [0.2, 0.25) is 5.91 Å². The lowest BCUT2D eigenvalue weighted by Gasteiger charge is -2.31. The van der Waals surface area contributed by atoms with Crippen LogP contribution in [0.15, 0.2) is 17.0 Å². The zero-order valence-corrected chi connectivity index (χ0v) is 13.5. The Morgan fingerprint density at radius 1 is 1.38 bits per heavy atom. The van der Waals surface area contributed by atoms with Gasteiger partial charge in [-0.15, -0.1) is 0 Å². The highest BCUT2D eigenvalue weighted by molar-refractivity contribution is 7.97. The number of carbonyl (C=O) groups is 1. The zero-order chi connectivity index (χ0) is 15.0. The lowest BCUT2D eigenvalue weighted by Crippen LogP contribution is -2.48. The van der Waals surface area contributed by atoms with Crippen LogP contribution in [0, 0.1) is 5.92 Å². The van der Waals surface area contributed by atoms with Gasteiger partial charge < -0.3 is 15.3 Å². The maximum atomic E-state index is 12.0. The molecule has 0 radical (unpaired) electrons. The van der Waals surface area contributed by atoms with Crippen LogP contribution in [0.25, 0.3) is 0 Å². The van der Waals surface area contributed by atoms with Crippen molar-refractivity contribution in [3.05, 3.63) is 22.2 Å². The van der Waals surface area contributed by atoms with E-state index in [0.29, 0.717) is 34.1 Å². The van der Waals surface area contributed by atoms with Gasteiger partial charge in [-0.2, -0.15) is 0 Å². The second-order valence-corrected chi connectivity index (χ2v) is 7.12. The number of aromatic hydroxyl groups is 1. The molecule has 2 N–H and O–H groups in total. The van der Waals surface area contributed by atoms with Gasteiger partial charge in [-0.05, 0) is 24.1 Å². The lowest BCUT2D eigenvalue weighted by atomic mass is 10.0. The van der Waals surface area contributed by atoms with Gasteiger partial charge in [0.1, 0.15) is 5.75 Å². The summed E-state index contributed by atoms with van der Waals surface area (Å²) < 4.78 is 1.88. The van der Waals surface area contributed by atoms with Crippen molar-refractivity contribution >= 4 is 41.1 Å². The van der Waals surface area contributed by atoms with Crippen molar-refractivity contribution in [3.63, 3.8) is 0 Å². The predicted octanol–water partition coefficient (Wildman–Crippen LogP) is 2.03. The van der Waals surface area contributed by atoms with E-state index in [1.54, 1.807) is 6.07 Å². The number of nitrogens with zero attached hydrogens (tertiary/aromatic N) is 2. The fraction of sp³-hybridized carbons (Fsp3) is 0.462. The summed E-state index contributed by atoms with van der Waals surface area (Å²) in [6.45, 7) is 3.56. The van der Waals surface area contributed by atoms with Crippen LogP contribution >= 0.6 is 35.1 Å². The van der Waals surface area contributed by atoms with E-state index >= 15 is 0 Å². The van der Waals surface area contributed by atoms with Gasteiger partial charge in [-0.25, -0.2) is 4.31 Å². The molecule has 2 fully saturated rings. The summed E-state index contributed by atoms with van der Waals surface area (Å²) in [6, 6.07) is 3.06. The van der Waals surface area contributed by atoms with E-state index in [-0.39, 0.29) is 11.7 Å². The average molecular weight is 348 g/mol. The molecule has 0 spiro atoms. The standard InChI is InChI=1S/C13H15Cl2N3O2S/c14-9-1-2-10(19)13(12(9)15)21-18-6-11(20)17(7-18)5-8-3-16-4-8/h1-2,8,16,19H,3-7H2. The van der Waals surface area contributed by atoms with Crippen molar-refractivity contribution in [3.8, 4) is 5.75 Å². The van der Waals surface area contributed by atoms with E-state index in [2.05, 4.69) is 5.32 Å². The van der Waals surface area contributed by atoms with Gasteiger partial charge >= 0.3 is 0 Å². The zero-order valence-electron chi connectivity index (χ0n) is 11.2. The highest BCUT2D eigenvalue weighted by Gasteiger charge is 2.32. The van der Waals surface area contributed by atoms with Crippen molar-refractivity contribution in [2.75, 3.05) is 32.8 Å². The number of hydrogen-bond donors (Lipinski definition) is 2. The first kappa shape index (κ1) is 15.2. The number of nitrogens with one attached hydrogen (secondary N) is 1. The van der Waals surface area contributed by atoms with Crippen LogP contribution < -0.4 is 5.32 Å². The first-order valence-electron chi connectivity index (χ1n) is 6.63. The summed E-state index contributed by atoms with van der Waals surface area (Å²) in [5, 5.41) is 13.8. The van der Waals surface area contributed by atoms with E-state index < -0.39 is 0 Å². The summed E-state index contributed by atoms with van der Waals surface area (Å²) in [6.07, 6.45) is 0. The molecule has 3 rings (SSSR count). The Bertz CT molecular complexity index is 569. The third-order valence-corrected chi connectivity index (χ3v) is 5.60. The van der Waals surface area contributed by atoms with Gasteiger partial charge in [-0.3, -0.25) is 4.79 Å². The first-order chi connectivity index (χ1) is 10.0. The first-order valence-corrected chi connectivity index (χ1v) is 8.16. The molecule has 5 nitrogen and oxygen atoms in total. The Hall–Kier alpha value is -0.660. The minimum Gasteiger partial charge on any atom is -0.507 e. The molecule has 0 saturated carbocycles. The highest BCUT2D eigenvalue weighted by atomic mass is 35.5. The van der Waals surface area contributed by atoms with E-state index in [0.717, 1.165) is 19.6 Å². The van der Waals surface area contributed by atoms with Crippen molar-refractivity contribution < 1.29 is 9.90 Å². The molecule has 114 valence electrons. The maximum Gasteiger partial charge on any atom is 0.238 e. The summed E-state index contributed by atoms with van der Waals surface area (Å²) in [7, 11) is 0. The normalized spacial score (nSPS) is 20.1. The molecule has 0 unspecified atom stereocenters. The molecule has 1 aromatic carbocycles. The lowest BCUT2D eigenvalue weighted by molar-refractivity contribution is -0.127. The molecule has 0 atom stereocenters. The number of amides is 1. The number of carbonyl (C=O) groups excluding carboxylic acids is 1. The van der Waals surface area contributed by atoms with Crippen molar-refractivity contribution in [1.29, 1.82) is 0 Å². The quantitative estimate of drug-likeness (QED) is 0.816. The molecule has 2 aliphatic heterocycles. The van der Waals surface area contributed by atoms with Crippen molar-refractivity contribution in [1.82, 2.24) is 14.5 Å². The molecule has 0 bridgehead atoms. The van der Waals surface area contributed by atoms with Crippen LogP contribution in [0.3, 0.4) is 0 Å². The summed E-state index contributed by atoms with van der Waals surface area (Å²) in [4.78, 5) is 14.3. The number of benzene rings is 1. The van der Waals surface area contributed by atoms with Gasteiger partial charge in [0.25, 0.3) is 0 Å². The molecule has 8 heteroatoms. The van der Waals surface area contributed by atoms with E-state index in [9.17, 15) is 9.90 Å². The number of hydrogen-bond acceptors (Lipinski definition) is 5. The number of phenolic OH excluding ortho intramolecular Hbond substituents is 1. The molecule has 0 aromatic heterocycles. The fourth-order valence-electron chi connectivity index (χ4n) is 2.32. The smallest absolute Gasteiger partial charge is 0.238 e. The molecule has 0 aliphatic carbocycles. The Morgan fingerprint density at radius 3 is 2.81 bits per heavy atom. The number of halogens is 2. The molecular formula is C13H15Cl2N3O2S. The van der Waals surface area contributed by atoms with Crippen LogP contribution in [0.2, 0.25) is 10.0 Å². The Labute approximate surface area is 137 Å². The number of phenols is 1. The minimum atomic E-state index is 0.0727. The van der Waals surface area contributed by atoms with Gasteiger partial charge in [-0.1, -0.05) is 23.2 Å². The van der Waals surface area contributed by atoms with Crippen LogP contribution in [0.4, 0.5) is 0 Å². The maximum absolute atomic E-state index is 12.0. The van der Waals surface area contributed by atoms with E-state index in [4.69, 9.17) is 23.2 Å². The van der Waals surface area contributed by atoms with Crippen LogP contribution in [-0.2, 0) is 4.79 Å². The van der Waals surface area contributed by atoms with Gasteiger partial charge in [0.15, 0.2) is 0 Å². The Kier molecular flexibility index (Phi) is 4.51. The number of rotatable bonds is 4. The van der Waals surface area contributed by atoms with Crippen LogP contribution in [-0.4, -0.2) is 53.1 Å². The van der Waals surface area contributed by atoms with Crippen molar-refractivity contribution in [2.45, 2.75) is 4.90 Å². The third-order valence-electron chi connectivity index (χ3n) is 3.59. The molecule has 2 saturated heterocycles. The SMILES string of the molecule is O=C1CN(Sc2c(O)ccc(Cl)c2Cl)CN1CC1CNC1. The van der Waals surface area contributed by atoms with Gasteiger partial charge in [0.05, 0.1) is 28.2 Å². The monoisotopic (exact) mass is 347 g/mol. The molecule has 1 amide bonds. The predicted molar refractivity (Wildman–Crippen MR) is 83.6 cm³/mol. The van der Waals surface area contributed by atoms with E-state index in [1.807, 2.05) is 9.21 Å². The average Bonchev–Trinajstić information content (AvgIpc) is 2.75. The van der Waals surface area contributed by atoms with Crippen LogP contribution in [0.1, 0.15) is 0 Å². The van der Waals surface area contributed by atoms with E-state index in [1.165, 1.54) is 18.0 Å². The minimum absolute atomic E-state index is 0.0727. The van der Waals surface area contributed by atoms with Crippen molar-refractivity contribution in [2.24, 2.45) is 5.92 Å².